The maximum atomic E-state index is 5.03. The van der Waals surface area contributed by atoms with E-state index in [0.717, 1.165) is 33.9 Å². The third kappa shape index (κ3) is 4.23. The lowest BCUT2D eigenvalue weighted by molar-refractivity contribution is 0.661. The lowest BCUT2D eigenvalue weighted by atomic mass is 9.82. The summed E-state index contributed by atoms with van der Waals surface area (Å²) in [5, 5.41) is 2.70. The first-order valence-corrected chi connectivity index (χ1v) is 16.6. The Bertz CT molecular complexity index is 2360. The van der Waals surface area contributed by atoms with Crippen molar-refractivity contribution in [2.45, 2.75) is 19.3 Å². The Hall–Kier alpha value is -5.38. The van der Waals surface area contributed by atoms with E-state index in [0.29, 0.717) is 0 Å². The number of fused-ring (bicyclic) bond motifs is 7. The van der Waals surface area contributed by atoms with Gasteiger partial charge in [-0.05, 0) is 46.0 Å². The van der Waals surface area contributed by atoms with Crippen LogP contribution in [0.3, 0.4) is 0 Å². The highest BCUT2D eigenvalue weighted by atomic mass is 32.1. The van der Waals surface area contributed by atoms with E-state index in [9.17, 15) is 0 Å². The normalized spacial score (nSPS) is 13.2. The number of hydrogen-bond acceptors (Lipinski definition) is 3. The molecule has 2 heterocycles. The summed E-state index contributed by atoms with van der Waals surface area (Å²) in [6, 6.07) is 52.0. The lowest BCUT2D eigenvalue weighted by Crippen LogP contribution is -2.14. The predicted molar refractivity (Wildman–Crippen MR) is 194 cm³/mol. The van der Waals surface area contributed by atoms with E-state index in [2.05, 4.69) is 147 Å². The minimum absolute atomic E-state index is 0.0466. The zero-order chi connectivity index (χ0) is 30.8. The molecule has 6 aromatic carbocycles. The van der Waals surface area contributed by atoms with Gasteiger partial charge in [0.2, 0.25) is 0 Å². The summed E-state index contributed by atoms with van der Waals surface area (Å²) in [4.78, 5) is 10.1. The SMILES string of the molecule is CC1(C)c2ccc(-c3ccc(-c4nc(-c5ccccc5)cc(-c5ccccc5)n4)cc3)cc2-c2c1ccc1c2sc2ccccc21. The second-order valence-electron chi connectivity index (χ2n) is 12.6. The van der Waals surface area contributed by atoms with Crippen molar-refractivity contribution in [3.05, 3.63) is 157 Å². The van der Waals surface area contributed by atoms with Gasteiger partial charge < -0.3 is 0 Å². The molecule has 9 rings (SSSR count). The number of nitrogens with zero attached hydrogens (tertiary/aromatic N) is 2. The number of aromatic nitrogens is 2. The molecule has 0 saturated heterocycles. The second kappa shape index (κ2) is 10.3. The van der Waals surface area contributed by atoms with Crippen LogP contribution in [0, 0.1) is 0 Å². The summed E-state index contributed by atoms with van der Waals surface area (Å²) < 4.78 is 2.74. The molecule has 3 heteroatoms. The van der Waals surface area contributed by atoms with E-state index in [1.165, 1.54) is 53.6 Å². The van der Waals surface area contributed by atoms with Crippen LogP contribution in [-0.4, -0.2) is 9.97 Å². The molecule has 0 fully saturated rings. The van der Waals surface area contributed by atoms with E-state index in [4.69, 9.17) is 9.97 Å². The molecular formula is C43H30N2S. The standard InChI is InChI=1S/C43H30N2S/c1-43(2)35-23-21-31(25-34(35)40-36(43)24-22-33-32-15-9-10-16-39(32)46-41(33)40)27-17-19-30(20-18-27)42-44-37(28-11-5-3-6-12-28)26-38(45-42)29-13-7-4-8-14-29/h3-26H,1-2H3. The Kier molecular flexibility index (Phi) is 6.06. The third-order valence-electron chi connectivity index (χ3n) is 9.52. The first-order chi connectivity index (χ1) is 22.5. The van der Waals surface area contributed by atoms with E-state index in [-0.39, 0.29) is 5.41 Å². The topological polar surface area (TPSA) is 25.8 Å². The van der Waals surface area contributed by atoms with E-state index < -0.39 is 0 Å². The Morgan fingerprint density at radius 2 is 1.07 bits per heavy atom. The summed E-state index contributed by atoms with van der Waals surface area (Å²) in [7, 11) is 0. The smallest absolute Gasteiger partial charge is 0.160 e. The summed E-state index contributed by atoms with van der Waals surface area (Å²) in [5.41, 5.74) is 12.9. The van der Waals surface area contributed by atoms with E-state index in [1.54, 1.807) is 0 Å². The quantitative estimate of drug-likeness (QED) is 0.199. The molecule has 0 radical (unpaired) electrons. The predicted octanol–water partition coefficient (Wildman–Crippen LogP) is 11.8. The van der Waals surface area contributed by atoms with Crippen molar-refractivity contribution in [3.63, 3.8) is 0 Å². The van der Waals surface area contributed by atoms with Crippen molar-refractivity contribution < 1.29 is 0 Å². The molecule has 0 saturated carbocycles. The van der Waals surface area contributed by atoms with Crippen molar-refractivity contribution in [2.24, 2.45) is 0 Å². The molecule has 218 valence electrons. The van der Waals surface area contributed by atoms with Gasteiger partial charge >= 0.3 is 0 Å². The van der Waals surface area contributed by atoms with Crippen molar-refractivity contribution in [1.82, 2.24) is 9.97 Å². The van der Waals surface area contributed by atoms with Crippen LogP contribution in [0.4, 0.5) is 0 Å². The van der Waals surface area contributed by atoms with Crippen molar-refractivity contribution in [1.29, 1.82) is 0 Å². The van der Waals surface area contributed by atoms with Gasteiger partial charge in [-0.1, -0.05) is 141 Å². The van der Waals surface area contributed by atoms with Crippen LogP contribution in [0.1, 0.15) is 25.0 Å². The maximum absolute atomic E-state index is 5.03. The molecule has 1 aliphatic carbocycles. The highest BCUT2D eigenvalue weighted by Gasteiger charge is 2.37. The Morgan fingerprint density at radius 1 is 0.478 bits per heavy atom. The molecule has 0 atom stereocenters. The van der Waals surface area contributed by atoms with Gasteiger partial charge in [0.05, 0.1) is 11.4 Å². The van der Waals surface area contributed by atoms with Crippen LogP contribution in [0.5, 0.6) is 0 Å². The third-order valence-corrected chi connectivity index (χ3v) is 10.7. The molecule has 0 N–H and O–H groups in total. The second-order valence-corrected chi connectivity index (χ2v) is 13.7. The van der Waals surface area contributed by atoms with Crippen molar-refractivity contribution in [3.8, 4) is 56.2 Å². The van der Waals surface area contributed by atoms with Crippen molar-refractivity contribution >= 4 is 31.5 Å². The monoisotopic (exact) mass is 606 g/mol. The number of hydrogen-bond donors (Lipinski definition) is 0. The van der Waals surface area contributed by atoms with Crippen LogP contribution in [0.25, 0.3) is 76.3 Å². The first-order valence-electron chi connectivity index (χ1n) is 15.7. The van der Waals surface area contributed by atoms with Crippen LogP contribution in [0.15, 0.2) is 146 Å². The zero-order valence-corrected chi connectivity index (χ0v) is 26.5. The van der Waals surface area contributed by atoms with Gasteiger partial charge in [-0.2, -0.15) is 0 Å². The van der Waals surface area contributed by atoms with Crippen LogP contribution < -0.4 is 0 Å². The number of benzene rings is 6. The average Bonchev–Trinajstić information content (AvgIpc) is 3.61. The summed E-state index contributed by atoms with van der Waals surface area (Å²) in [5.74, 6) is 0.726. The Labute approximate surface area is 272 Å². The maximum Gasteiger partial charge on any atom is 0.160 e. The summed E-state index contributed by atoms with van der Waals surface area (Å²) in [6.45, 7) is 4.72. The van der Waals surface area contributed by atoms with Gasteiger partial charge in [0.1, 0.15) is 0 Å². The van der Waals surface area contributed by atoms with Crippen LogP contribution in [-0.2, 0) is 5.41 Å². The Morgan fingerprint density at radius 3 is 1.76 bits per heavy atom. The molecule has 2 aromatic heterocycles. The molecule has 0 spiro atoms. The zero-order valence-electron chi connectivity index (χ0n) is 25.7. The van der Waals surface area contributed by atoms with Gasteiger partial charge in [0.25, 0.3) is 0 Å². The average molecular weight is 607 g/mol. The highest BCUT2D eigenvalue weighted by Crippen LogP contribution is 2.54. The fourth-order valence-corrected chi connectivity index (χ4v) is 8.36. The Balaban J connectivity index is 1.14. The minimum Gasteiger partial charge on any atom is -0.228 e. The molecule has 0 amide bonds. The molecule has 0 aliphatic heterocycles. The first kappa shape index (κ1) is 27.0. The van der Waals surface area contributed by atoms with Gasteiger partial charge in [-0.3, -0.25) is 0 Å². The van der Waals surface area contributed by atoms with Gasteiger partial charge in [0.15, 0.2) is 5.82 Å². The fourth-order valence-electron chi connectivity index (χ4n) is 7.10. The lowest BCUT2D eigenvalue weighted by Gasteiger charge is -2.21. The summed E-state index contributed by atoms with van der Waals surface area (Å²) >= 11 is 1.92. The van der Waals surface area contributed by atoms with Gasteiger partial charge in [-0.25, -0.2) is 9.97 Å². The van der Waals surface area contributed by atoms with E-state index >= 15 is 0 Å². The largest absolute Gasteiger partial charge is 0.228 e. The molecule has 46 heavy (non-hydrogen) atoms. The van der Waals surface area contributed by atoms with Gasteiger partial charge in [0, 0.05) is 47.8 Å². The number of rotatable bonds is 4. The fraction of sp³-hybridized carbons (Fsp3) is 0.0698. The number of thiophene rings is 1. The molecule has 0 unspecified atom stereocenters. The van der Waals surface area contributed by atoms with Crippen LogP contribution >= 0.6 is 11.3 Å². The van der Waals surface area contributed by atoms with Gasteiger partial charge in [-0.15, -0.1) is 11.3 Å². The molecule has 2 nitrogen and oxygen atoms in total. The summed E-state index contributed by atoms with van der Waals surface area (Å²) in [6.07, 6.45) is 0. The molecular weight excluding hydrogens is 577 g/mol. The minimum atomic E-state index is -0.0466. The molecule has 0 bridgehead atoms. The molecule has 1 aliphatic rings. The van der Waals surface area contributed by atoms with Crippen molar-refractivity contribution in [2.75, 3.05) is 0 Å². The van der Waals surface area contributed by atoms with Crippen LogP contribution in [0.2, 0.25) is 0 Å². The van der Waals surface area contributed by atoms with E-state index in [1.807, 2.05) is 23.5 Å². The molecule has 8 aromatic rings. The highest BCUT2D eigenvalue weighted by molar-refractivity contribution is 7.26.